The van der Waals surface area contributed by atoms with E-state index in [0.29, 0.717) is 13.2 Å². The summed E-state index contributed by atoms with van der Waals surface area (Å²) in [6.07, 6.45) is -0.554. The minimum atomic E-state index is -0.554. The molecule has 0 heterocycles. The molecule has 2 rings (SSSR count). The lowest BCUT2D eigenvalue weighted by Crippen LogP contribution is -2.38. The zero-order valence-electron chi connectivity index (χ0n) is 15.7. The molecule has 25 heavy (non-hydrogen) atoms. The normalized spacial score (nSPS) is 11.7. The van der Waals surface area contributed by atoms with Crippen LogP contribution in [0.5, 0.6) is 11.5 Å². The highest BCUT2D eigenvalue weighted by Crippen LogP contribution is 2.20. The molecule has 0 radical (unpaired) electrons. The summed E-state index contributed by atoms with van der Waals surface area (Å²) in [5.41, 5.74) is 4.45. The first-order valence-electron chi connectivity index (χ1n) is 8.58. The van der Waals surface area contributed by atoms with E-state index in [4.69, 9.17) is 9.47 Å². The molecule has 1 atom stereocenters. The minimum Gasteiger partial charge on any atom is -0.492 e. The number of hydrogen-bond acceptors (Lipinski definition) is 3. The van der Waals surface area contributed by atoms with E-state index in [0.717, 1.165) is 33.8 Å². The van der Waals surface area contributed by atoms with Crippen LogP contribution in [0.2, 0.25) is 0 Å². The van der Waals surface area contributed by atoms with Crippen molar-refractivity contribution in [1.82, 2.24) is 5.32 Å². The summed E-state index contributed by atoms with van der Waals surface area (Å²) in [6, 6.07) is 12.0. The van der Waals surface area contributed by atoms with Gasteiger partial charge < -0.3 is 14.8 Å². The first kappa shape index (κ1) is 18.8. The quantitative estimate of drug-likeness (QED) is 0.778. The van der Waals surface area contributed by atoms with E-state index in [9.17, 15) is 4.79 Å². The molecule has 0 saturated heterocycles. The highest BCUT2D eigenvalue weighted by molar-refractivity contribution is 5.80. The van der Waals surface area contributed by atoms with Crippen LogP contribution in [0.4, 0.5) is 0 Å². The third-order valence-electron chi connectivity index (χ3n) is 3.88. The van der Waals surface area contributed by atoms with E-state index in [-0.39, 0.29) is 5.91 Å². The number of hydrogen-bond donors (Lipinski definition) is 1. The highest BCUT2D eigenvalue weighted by atomic mass is 16.5. The maximum Gasteiger partial charge on any atom is 0.260 e. The topological polar surface area (TPSA) is 47.6 Å². The summed E-state index contributed by atoms with van der Waals surface area (Å²) in [6.45, 7) is 10.7. The standard InChI is InChI=1S/C21H27NO3/c1-14-6-7-17(4)20(13-14)25-18(5)21(23)22-8-9-24-19-11-15(2)10-16(3)12-19/h6-7,10-13,18H,8-9H2,1-5H3,(H,22,23). The molecule has 0 aliphatic rings. The fourth-order valence-corrected chi connectivity index (χ4v) is 2.58. The van der Waals surface area contributed by atoms with Gasteiger partial charge in [0.2, 0.25) is 0 Å². The van der Waals surface area contributed by atoms with Crippen molar-refractivity contribution in [3.8, 4) is 11.5 Å². The van der Waals surface area contributed by atoms with Gasteiger partial charge in [-0.3, -0.25) is 4.79 Å². The molecule has 0 aliphatic carbocycles. The van der Waals surface area contributed by atoms with Crippen LogP contribution in [-0.2, 0) is 4.79 Å². The van der Waals surface area contributed by atoms with Crippen molar-refractivity contribution in [2.45, 2.75) is 40.7 Å². The van der Waals surface area contributed by atoms with Crippen LogP contribution in [-0.4, -0.2) is 25.2 Å². The second-order valence-corrected chi connectivity index (χ2v) is 6.49. The molecular formula is C21H27NO3. The summed E-state index contributed by atoms with van der Waals surface area (Å²) in [5.74, 6) is 1.42. The third kappa shape index (κ3) is 5.82. The lowest BCUT2D eigenvalue weighted by Gasteiger charge is -2.17. The molecule has 1 unspecified atom stereocenters. The van der Waals surface area contributed by atoms with Gasteiger partial charge in [0.15, 0.2) is 6.10 Å². The fourth-order valence-electron chi connectivity index (χ4n) is 2.58. The van der Waals surface area contributed by atoms with Gasteiger partial charge in [-0.05, 0) is 75.1 Å². The Balaban J connectivity index is 1.78. The van der Waals surface area contributed by atoms with Gasteiger partial charge in [0.1, 0.15) is 18.1 Å². The molecule has 4 nitrogen and oxygen atoms in total. The molecule has 0 aromatic heterocycles. The van der Waals surface area contributed by atoms with Crippen molar-refractivity contribution in [2.24, 2.45) is 0 Å². The van der Waals surface area contributed by atoms with Gasteiger partial charge >= 0.3 is 0 Å². The Bertz CT molecular complexity index is 720. The summed E-state index contributed by atoms with van der Waals surface area (Å²) in [7, 11) is 0. The van der Waals surface area contributed by atoms with E-state index >= 15 is 0 Å². The molecule has 134 valence electrons. The average molecular weight is 341 g/mol. The van der Waals surface area contributed by atoms with Gasteiger partial charge in [0.25, 0.3) is 5.91 Å². The Labute approximate surface area is 150 Å². The molecule has 1 amide bonds. The number of nitrogens with one attached hydrogen (secondary N) is 1. The second-order valence-electron chi connectivity index (χ2n) is 6.49. The van der Waals surface area contributed by atoms with Crippen molar-refractivity contribution < 1.29 is 14.3 Å². The number of carbonyl (C=O) groups is 1. The number of rotatable bonds is 7. The third-order valence-corrected chi connectivity index (χ3v) is 3.88. The van der Waals surface area contributed by atoms with Crippen LogP contribution in [0.25, 0.3) is 0 Å². The van der Waals surface area contributed by atoms with Crippen LogP contribution >= 0.6 is 0 Å². The van der Waals surface area contributed by atoms with E-state index in [1.165, 1.54) is 0 Å². The van der Waals surface area contributed by atoms with Crippen LogP contribution in [0, 0.1) is 27.7 Å². The fraction of sp³-hybridized carbons (Fsp3) is 0.381. The molecule has 0 spiro atoms. The number of ether oxygens (including phenoxy) is 2. The van der Waals surface area contributed by atoms with Crippen molar-refractivity contribution in [2.75, 3.05) is 13.2 Å². The largest absolute Gasteiger partial charge is 0.492 e. The summed E-state index contributed by atoms with van der Waals surface area (Å²) in [5, 5.41) is 2.85. The maximum atomic E-state index is 12.2. The van der Waals surface area contributed by atoms with E-state index in [1.807, 2.05) is 58.0 Å². The first-order chi connectivity index (χ1) is 11.8. The summed E-state index contributed by atoms with van der Waals surface area (Å²) in [4.78, 5) is 12.2. The molecule has 0 saturated carbocycles. The summed E-state index contributed by atoms with van der Waals surface area (Å²) < 4.78 is 11.5. The van der Waals surface area contributed by atoms with Gasteiger partial charge in [0.05, 0.1) is 6.54 Å². The van der Waals surface area contributed by atoms with Crippen LogP contribution in [0.1, 0.15) is 29.2 Å². The molecule has 2 aromatic rings. The smallest absolute Gasteiger partial charge is 0.260 e. The second kappa shape index (κ2) is 8.56. The van der Waals surface area contributed by atoms with Crippen LogP contribution in [0.15, 0.2) is 36.4 Å². The summed E-state index contributed by atoms with van der Waals surface area (Å²) >= 11 is 0. The van der Waals surface area contributed by atoms with Crippen molar-refractivity contribution in [3.63, 3.8) is 0 Å². The van der Waals surface area contributed by atoms with Gasteiger partial charge in [-0.1, -0.05) is 18.2 Å². The number of amides is 1. The van der Waals surface area contributed by atoms with Gasteiger partial charge in [-0.25, -0.2) is 0 Å². The molecular weight excluding hydrogens is 314 g/mol. The highest BCUT2D eigenvalue weighted by Gasteiger charge is 2.15. The molecule has 0 fully saturated rings. The number of benzene rings is 2. The van der Waals surface area contributed by atoms with Crippen LogP contribution < -0.4 is 14.8 Å². The Morgan fingerprint density at radius 1 is 1.00 bits per heavy atom. The monoisotopic (exact) mass is 341 g/mol. The lowest BCUT2D eigenvalue weighted by molar-refractivity contribution is -0.127. The maximum absolute atomic E-state index is 12.2. The van der Waals surface area contributed by atoms with Gasteiger partial charge in [-0.15, -0.1) is 0 Å². The number of aryl methyl sites for hydroxylation is 4. The molecule has 0 aliphatic heterocycles. The minimum absolute atomic E-state index is 0.148. The first-order valence-corrected chi connectivity index (χ1v) is 8.58. The van der Waals surface area contributed by atoms with Crippen LogP contribution in [0.3, 0.4) is 0 Å². The predicted octanol–water partition coefficient (Wildman–Crippen LogP) is 3.88. The Kier molecular flexibility index (Phi) is 6.45. The zero-order valence-corrected chi connectivity index (χ0v) is 15.7. The van der Waals surface area contributed by atoms with E-state index in [1.54, 1.807) is 6.92 Å². The molecule has 0 bridgehead atoms. The SMILES string of the molecule is Cc1cc(C)cc(OCCNC(=O)C(C)Oc2cc(C)ccc2C)c1. The van der Waals surface area contributed by atoms with Crippen molar-refractivity contribution >= 4 is 5.91 Å². The Hall–Kier alpha value is -2.49. The Morgan fingerprint density at radius 2 is 1.68 bits per heavy atom. The Morgan fingerprint density at radius 3 is 2.36 bits per heavy atom. The van der Waals surface area contributed by atoms with Crippen molar-refractivity contribution in [1.29, 1.82) is 0 Å². The number of carbonyl (C=O) groups excluding carboxylic acids is 1. The van der Waals surface area contributed by atoms with E-state index in [2.05, 4.69) is 11.4 Å². The lowest BCUT2D eigenvalue weighted by atomic mass is 10.1. The zero-order chi connectivity index (χ0) is 18.4. The average Bonchev–Trinajstić information content (AvgIpc) is 2.54. The molecule has 4 heteroatoms. The molecule has 1 N–H and O–H groups in total. The van der Waals surface area contributed by atoms with E-state index < -0.39 is 6.10 Å². The molecule has 2 aromatic carbocycles. The van der Waals surface area contributed by atoms with Gasteiger partial charge in [0, 0.05) is 0 Å². The van der Waals surface area contributed by atoms with Gasteiger partial charge in [-0.2, -0.15) is 0 Å². The van der Waals surface area contributed by atoms with Crippen molar-refractivity contribution in [3.05, 3.63) is 58.7 Å². The predicted molar refractivity (Wildman–Crippen MR) is 100 cm³/mol.